The number of benzene rings is 2. The van der Waals surface area contributed by atoms with Gasteiger partial charge in [-0.25, -0.2) is 17.9 Å². The zero-order valence-corrected chi connectivity index (χ0v) is 14.7. The van der Waals surface area contributed by atoms with Crippen LogP contribution in [0, 0.1) is 5.82 Å². The molecule has 0 fully saturated rings. The summed E-state index contributed by atoms with van der Waals surface area (Å²) in [5.41, 5.74) is 2.91. The molecule has 2 aromatic carbocycles. The molecule has 27 heavy (non-hydrogen) atoms. The van der Waals surface area contributed by atoms with E-state index in [0.29, 0.717) is 24.0 Å². The first-order valence-corrected chi connectivity index (χ1v) is 9.50. The lowest BCUT2D eigenvalue weighted by molar-refractivity contribution is -0.274. The number of hydrogen-bond acceptors (Lipinski definition) is 3. The maximum absolute atomic E-state index is 14.1. The zero-order chi connectivity index (χ0) is 19.8. The topological polar surface area (TPSA) is 69.4 Å². The maximum Gasteiger partial charge on any atom is 0.573 e. The molecule has 2 aromatic rings. The van der Waals surface area contributed by atoms with Gasteiger partial charge < -0.3 is 4.74 Å². The van der Waals surface area contributed by atoms with Gasteiger partial charge in [-0.15, -0.1) is 13.2 Å². The SMILES string of the molecule is NS(=O)(=O)c1ccc(C2=C(c3ccc(OC(F)(F)F)cc3)CCC2)cc1F. The minimum absolute atomic E-state index is 0.324. The second kappa shape index (κ2) is 6.97. The Balaban J connectivity index is 1.96. The van der Waals surface area contributed by atoms with Gasteiger partial charge in [0.25, 0.3) is 0 Å². The second-order valence-electron chi connectivity index (χ2n) is 6.07. The van der Waals surface area contributed by atoms with E-state index in [1.54, 1.807) is 0 Å². The van der Waals surface area contributed by atoms with Crippen LogP contribution in [-0.2, 0) is 10.0 Å². The normalized spacial score (nSPS) is 15.3. The van der Waals surface area contributed by atoms with Crippen LogP contribution in [-0.4, -0.2) is 14.8 Å². The standard InChI is InChI=1S/C18H15F4NO3S/c19-16-10-12(6-9-17(16)27(23,24)25)15-3-1-2-14(15)11-4-7-13(8-5-11)26-18(20,21)22/h4-10H,1-3H2,(H2,23,24,25). The number of hydrogen-bond donors (Lipinski definition) is 1. The van der Waals surface area contributed by atoms with E-state index in [0.717, 1.165) is 29.7 Å². The van der Waals surface area contributed by atoms with Crippen LogP contribution in [0.3, 0.4) is 0 Å². The molecule has 2 N–H and O–H groups in total. The molecule has 1 aliphatic carbocycles. The monoisotopic (exact) mass is 401 g/mol. The summed E-state index contributed by atoms with van der Waals surface area (Å²) in [6, 6.07) is 9.16. The molecular formula is C18H15F4NO3S. The Labute approximate surface area is 153 Å². The van der Waals surface area contributed by atoms with E-state index in [-0.39, 0.29) is 5.75 Å². The Kier molecular flexibility index (Phi) is 5.00. The molecule has 0 spiro atoms. The molecule has 0 atom stereocenters. The molecule has 0 amide bonds. The summed E-state index contributed by atoms with van der Waals surface area (Å²) in [6.45, 7) is 0. The highest BCUT2D eigenvalue weighted by Gasteiger charge is 2.31. The van der Waals surface area contributed by atoms with Crippen molar-refractivity contribution in [3.8, 4) is 5.75 Å². The summed E-state index contributed by atoms with van der Waals surface area (Å²) in [6.07, 6.45) is -2.65. The minimum atomic E-state index is -4.76. The molecule has 0 aliphatic heterocycles. The van der Waals surface area contributed by atoms with Crippen LogP contribution in [0.1, 0.15) is 30.4 Å². The molecule has 3 rings (SSSR count). The predicted octanol–water partition coefficient (Wildman–Crippen LogP) is 4.47. The largest absolute Gasteiger partial charge is 0.573 e. The fourth-order valence-electron chi connectivity index (χ4n) is 3.16. The summed E-state index contributed by atoms with van der Waals surface area (Å²) >= 11 is 0. The Hall–Kier alpha value is -2.39. The molecular weight excluding hydrogens is 386 g/mol. The first-order chi connectivity index (χ1) is 12.5. The summed E-state index contributed by atoms with van der Waals surface area (Å²) < 4.78 is 77.5. The summed E-state index contributed by atoms with van der Waals surface area (Å²) in [5.74, 6) is -1.27. The van der Waals surface area contributed by atoms with E-state index < -0.39 is 27.1 Å². The fraction of sp³-hybridized carbons (Fsp3) is 0.222. The number of halogens is 4. The van der Waals surface area contributed by atoms with Crippen molar-refractivity contribution in [2.45, 2.75) is 30.5 Å². The molecule has 0 bridgehead atoms. The third-order valence-electron chi connectivity index (χ3n) is 4.24. The molecule has 1 aliphatic rings. The van der Waals surface area contributed by atoms with Crippen LogP contribution in [0.15, 0.2) is 47.4 Å². The van der Waals surface area contributed by atoms with E-state index >= 15 is 0 Å². The van der Waals surface area contributed by atoms with Crippen molar-refractivity contribution in [2.24, 2.45) is 5.14 Å². The quantitative estimate of drug-likeness (QED) is 0.769. The van der Waals surface area contributed by atoms with Crippen molar-refractivity contribution in [1.82, 2.24) is 0 Å². The van der Waals surface area contributed by atoms with Crippen molar-refractivity contribution in [2.75, 3.05) is 0 Å². The molecule has 0 saturated carbocycles. The van der Waals surface area contributed by atoms with Crippen LogP contribution >= 0.6 is 0 Å². The van der Waals surface area contributed by atoms with Gasteiger partial charge in [0.15, 0.2) is 0 Å². The van der Waals surface area contributed by atoms with Crippen molar-refractivity contribution in [3.05, 3.63) is 59.4 Å². The fourth-order valence-corrected chi connectivity index (χ4v) is 3.75. The summed E-state index contributed by atoms with van der Waals surface area (Å²) in [4.78, 5) is -0.583. The molecule has 144 valence electrons. The molecule has 0 saturated heterocycles. The number of primary sulfonamides is 1. The summed E-state index contributed by atoms with van der Waals surface area (Å²) in [7, 11) is -4.16. The van der Waals surface area contributed by atoms with Gasteiger partial charge in [0, 0.05) is 0 Å². The highest BCUT2D eigenvalue weighted by molar-refractivity contribution is 7.89. The lowest BCUT2D eigenvalue weighted by atomic mass is 9.97. The number of allylic oxidation sites excluding steroid dienone is 2. The van der Waals surface area contributed by atoms with Crippen LogP contribution in [0.25, 0.3) is 11.1 Å². The van der Waals surface area contributed by atoms with E-state index in [2.05, 4.69) is 4.74 Å². The van der Waals surface area contributed by atoms with Gasteiger partial charge in [-0.2, -0.15) is 0 Å². The number of alkyl halides is 3. The van der Waals surface area contributed by atoms with Gasteiger partial charge in [-0.05, 0) is 65.8 Å². The third kappa shape index (κ3) is 4.48. The minimum Gasteiger partial charge on any atom is -0.406 e. The van der Waals surface area contributed by atoms with Crippen molar-refractivity contribution < 1.29 is 30.7 Å². The van der Waals surface area contributed by atoms with Crippen LogP contribution in [0.4, 0.5) is 17.6 Å². The molecule has 0 unspecified atom stereocenters. The van der Waals surface area contributed by atoms with Gasteiger partial charge in [-0.3, -0.25) is 0 Å². The lowest BCUT2D eigenvalue weighted by Crippen LogP contribution is -2.16. The van der Waals surface area contributed by atoms with Gasteiger partial charge >= 0.3 is 6.36 Å². The molecule has 0 aromatic heterocycles. The van der Waals surface area contributed by atoms with E-state index in [4.69, 9.17) is 5.14 Å². The zero-order valence-electron chi connectivity index (χ0n) is 13.9. The van der Waals surface area contributed by atoms with E-state index in [9.17, 15) is 26.0 Å². The molecule has 0 heterocycles. The highest BCUT2D eigenvalue weighted by Crippen LogP contribution is 2.40. The maximum atomic E-state index is 14.1. The molecule has 0 radical (unpaired) electrons. The third-order valence-corrected chi connectivity index (χ3v) is 5.19. The van der Waals surface area contributed by atoms with Gasteiger partial charge in [0.2, 0.25) is 10.0 Å². The van der Waals surface area contributed by atoms with Crippen molar-refractivity contribution in [3.63, 3.8) is 0 Å². The van der Waals surface area contributed by atoms with Crippen molar-refractivity contribution in [1.29, 1.82) is 0 Å². The summed E-state index contributed by atoms with van der Waals surface area (Å²) in [5, 5.41) is 4.97. The smallest absolute Gasteiger partial charge is 0.406 e. The van der Waals surface area contributed by atoms with Gasteiger partial charge in [0.05, 0.1) is 0 Å². The Bertz CT molecular complexity index is 996. The Morgan fingerprint density at radius 2 is 1.48 bits per heavy atom. The lowest BCUT2D eigenvalue weighted by Gasteiger charge is -2.12. The average molecular weight is 401 g/mol. The van der Waals surface area contributed by atoms with Crippen LogP contribution in [0.2, 0.25) is 0 Å². The van der Waals surface area contributed by atoms with Gasteiger partial charge in [0.1, 0.15) is 16.5 Å². The first-order valence-electron chi connectivity index (χ1n) is 7.95. The predicted molar refractivity (Wildman–Crippen MR) is 91.6 cm³/mol. The van der Waals surface area contributed by atoms with Crippen LogP contribution in [0.5, 0.6) is 5.75 Å². The van der Waals surface area contributed by atoms with Crippen molar-refractivity contribution >= 4 is 21.2 Å². The van der Waals surface area contributed by atoms with E-state index in [1.807, 2.05) is 0 Å². The second-order valence-corrected chi connectivity index (χ2v) is 7.60. The first kappa shape index (κ1) is 19.4. The molecule has 4 nitrogen and oxygen atoms in total. The van der Waals surface area contributed by atoms with Crippen LogP contribution < -0.4 is 9.88 Å². The number of ether oxygens (including phenoxy) is 1. The van der Waals surface area contributed by atoms with Gasteiger partial charge in [-0.1, -0.05) is 18.2 Å². The number of nitrogens with two attached hydrogens (primary N) is 1. The van der Waals surface area contributed by atoms with E-state index in [1.165, 1.54) is 30.3 Å². The number of sulfonamides is 1. The highest BCUT2D eigenvalue weighted by atomic mass is 32.2. The molecule has 9 heteroatoms. The Morgan fingerprint density at radius 3 is 2.00 bits per heavy atom. The number of rotatable bonds is 4. The average Bonchev–Trinajstić information content (AvgIpc) is 3.02. The Morgan fingerprint density at radius 1 is 0.926 bits per heavy atom.